The minimum atomic E-state index is -0.342. The van der Waals surface area contributed by atoms with E-state index in [0.717, 1.165) is 23.1 Å². The number of nitrogens with one attached hydrogen (secondary N) is 1. The van der Waals surface area contributed by atoms with Gasteiger partial charge >= 0.3 is 0 Å². The first-order valence-electron chi connectivity index (χ1n) is 7.16. The lowest BCUT2D eigenvalue weighted by Gasteiger charge is -2.11. The van der Waals surface area contributed by atoms with Gasteiger partial charge in [0.05, 0.1) is 5.56 Å². The van der Waals surface area contributed by atoms with Crippen LogP contribution in [0.2, 0.25) is 0 Å². The Labute approximate surface area is 135 Å². The molecule has 0 fully saturated rings. The third kappa shape index (κ3) is 3.16. The van der Waals surface area contributed by atoms with Crippen LogP contribution in [0.4, 0.5) is 5.69 Å². The Morgan fingerprint density at radius 1 is 1.13 bits per heavy atom. The second-order valence-corrected chi connectivity index (χ2v) is 5.00. The maximum Gasteiger partial charge on any atom is 0.259 e. The summed E-state index contributed by atoms with van der Waals surface area (Å²) in [5.41, 5.74) is 2.46. The molecule has 0 bridgehead atoms. The van der Waals surface area contributed by atoms with Crippen molar-refractivity contribution in [3.05, 3.63) is 65.9 Å². The number of hydrogen-bond acceptors (Lipinski definition) is 3. The monoisotopic (exact) mass is 308 g/mol. The molecule has 23 heavy (non-hydrogen) atoms. The highest BCUT2D eigenvalue weighted by Gasteiger charge is 2.15. The van der Waals surface area contributed by atoms with Crippen LogP contribution in [-0.2, 0) is 6.42 Å². The van der Waals surface area contributed by atoms with E-state index in [4.69, 9.17) is 0 Å². The molecule has 1 amide bonds. The van der Waals surface area contributed by atoms with Crippen LogP contribution in [0.1, 0.15) is 30.3 Å². The summed E-state index contributed by atoms with van der Waals surface area (Å²) >= 11 is 0. The summed E-state index contributed by atoms with van der Waals surface area (Å²) in [7, 11) is 0. The second kappa shape index (κ2) is 6.92. The zero-order valence-corrected chi connectivity index (χ0v) is 12.2. The fourth-order valence-electron chi connectivity index (χ4n) is 2.45. The molecule has 0 saturated carbocycles. The molecule has 4 heteroatoms. The SMILES string of the molecule is C.CCc1ccccc1NC(=O)c1ccc2cccnc2c1O. The second-order valence-electron chi connectivity index (χ2n) is 5.00. The first-order valence-corrected chi connectivity index (χ1v) is 7.16. The smallest absolute Gasteiger partial charge is 0.259 e. The average molecular weight is 308 g/mol. The van der Waals surface area contributed by atoms with Crippen LogP contribution in [0.15, 0.2) is 54.7 Å². The molecule has 0 spiro atoms. The Morgan fingerprint density at radius 3 is 2.70 bits per heavy atom. The number of phenolic OH excluding ortho intramolecular Hbond substituents is 1. The van der Waals surface area contributed by atoms with Gasteiger partial charge in [0.1, 0.15) is 5.52 Å². The summed E-state index contributed by atoms with van der Waals surface area (Å²) in [5, 5.41) is 14.0. The number of aryl methyl sites for hydroxylation is 1. The number of phenols is 1. The number of carbonyl (C=O) groups excluding carboxylic acids is 1. The molecule has 2 N–H and O–H groups in total. The quantitative estimate of drug-likeness (QED) is 0.754. The number of para-hydroxylation sites is 1. The van der Waals surface area contributed by atoms with Crippen molar-refractivity contribution in [2.45, 2.75) is 20.8 Å². The summed E-state index contributed by atoms with van der Waals surface area (Å²) in [4.78, 5) is 16.6. The molecule has 0 unspecified atom stereocenters. The van der Waals surface area contributed by atoms with Crippen molar-refractivity contribution in [1.82, 2.24) is 4.98 Å². The van der Waals surface area contributed by atoms with Gasteiger partial charge in [-0.15, -0.1) is 0 Å². The van der Waals surface area contributed by atoms with E-state index < -0.39 is 0 Å². The zero-order chi connectivity index (χ0) is 15.5. The molecule has 1 heterocycles. The molecule has 0 saturated heterocycles. The molecule has 118 valence electrons. The van der Waals surface area contributed by atoms with E-state index in [9.17, 15) is 9.90 Å². The highest BCUT2D eigenvalue weighted by Crippen LogP contribution is 2.27. The van der Waals surface area contributed by atoms with Gasteiger partial charge in [0.25, 0.3) is 5.91 Å². The zero-order valence-electron chi connectivity index (χ0n) is 12.2. The van der Waals surface area contributed by atoms with Crippen LogP contribution in [0.5, 0.6) is 5.75 Å². The number of aromatic nitrogens is 1. The molecule has 3 rings (SSSR count). The van der Waals surface area contributed by atoms with Crippen molar-refractivity contribution < 1.29 is 9.90 Å². The predicted octanol–water partition coefficient (Wildman–Crippen LogP) is 4.39. The summed E-state index contributed by atoms with van der Waals surface area (Å²) in [6, 6.07) is 14.7. The van der Waals surface area contributed by atoms with Crippen molar-refractivity contribution in [2.75, 3.05) is 5.32 Å². The van der Waals surface area contributed by atoms with Gasteiger partial charge in [-0.05, 0) is 30.2 Å². The van der Waals surface area contributed by atoms with Gasteiger partial charge in [0, 0.05) is 17.3 Å². The number of amides is 1. The Kier molecular flexibility index (Phi) is 4.96. The van der Waals surface area contributed by atoms with Crippen LogP contribution in [0, 0.1) is 0 Å². The number of anilines is 1. The minimum absolute atomic E-state index is 0. The van der Waals surface area contributed by atoms with Crippen molar-refractivity contribution in [1.29, 1.82) is 0 Å². The Morgan fingerprint density at radius 2 is 1.91 bits per heavy atom. The number of hydrogen-bond donors (Lipinski definition) is 2. The molecule has 1 aromatic heterocycles. The van der Waals surface area contributed by atoms with Crippen LogP contribution >= 0.6 is 0 Å². The first-order chi connectivity index (χ1) is 10.7. The third-order valence-corrected chi connectivity index (χ3v) is 3.64. The normalized spacial score (nSPS) is 10.1. The highest BCUT2D eigenvalue weighted by molar-refractivity contribution is 6.09. The summed E-state index contributed by atoms with van der Waals surface area (Å²) < 4.78 is 0. The number of pyridine rings is 1. The van der Waals surface area contributed by atoms with Crippen molar-refractivity contribution in [3.63, 3.8) is 0 Å². The van der Waals surface area contributed by atoms with E-state index in [1.54, 1.807) is 24.4 Å². The van der Waals surface area contributed by atoms with Crippen molar-refractivity contribution in [2.24, 2.45) is 0 Å². The minimum Gasteiger partial charge on any atom is -0.505 e. The maximum absolute atomic E-state index is 12.4. The number of nitrogens with zero attached hydrogens (tertiary/aromatic N) is 1. The number of rotatable bonds is 3. The van der Waals surface area contributed by atoms with E-state index in [1.165, 1.54) is 0 Å². The molecule has 0 aliphatic rings. The fourth-order valence-corrected chi connectivity index (χ4v) is 2.45. The molecule has 3 aromatic rings. The van der Waals surface area contributed by atoms with Crippen LogP contribution in [0.3, 0.4) is 0 Å². The summed E-state index contributed by atoms with van der Waals surface area (Å²) in [6.45, 7) is 2.03. The molecular weight excluding hydrogens is 288 g/mol. The van der Waals surface area contributed by atoms with E-state index in [-0.39, 0.29) is 24.6 Å². The Bertz CT molecular complexity index is 844. The van der Waals surface area contributed by atoms with E-state index >= 15 is 0 Å². The lowest BCUT2D eigenvalue weighted by Crippen LogP contribution is -2.13. The van der Waals surface area contributed by atoms with Crippen LogP contribution < -0.4 is 5.32 Å². The van der Waals surface area contributed by atoms with Gasteiger partial charge in [-0.3, -0.25) is 9.78 Å². The number of fused-ring (bicyclic) bond motifs is 1. The van der Waals surface area contributed by atoms with Gasteiger partial charge in [0.15, 0.2) is 5.75 Å². The van der Waals surface area contributed by atoms with Gasteiger partial charge in [-0.1, -0.05) is 44.7 Å². The molecule has 4 nitrogen and oxygen atoms in total. The van der Waals surface area contributed by atoms with Gasteiger partial charge in [-0.2, -0.15) is 0 Å². The lowest BCUT2D eigenvalue weighted by molar-refractivity contribution is 0.102. The summed E-state index contributed by atoms with van der Waals surface area (Å²) in [6.07, 6.45) is 2.41. The highest BCUT2D eigenvalue weighted by atomic mass is 16.3. The first kappa shape index (κ1) is 16.5. The van der Waals surface area contributed by atoms with Crippen molar-refractivity contribution in [3.8, 4) is 5.75 Å². The standard InChI is InChI=1S/C18H16N2O2.CH4/c1-2-12-6-3-4-8-15(12)20-18(22)14-10-9-13-7-5-11-19-16(13)17(14)21;/h3-11,21H,2H2,1H3,(H,20,22);1H4. The van der Waals surface area contributed by atoms with Crippen LogP contribution in [-0.4, -0.2) is 16.0 Å². The lowest BCUT2D eigenvalue weighted by atomic mass is 10.1. The average Bonchev–Trinajstić information content (AvgIpc) is 2.56. The topological polar surface area (TPSA) is 62.2 Å². The Hall–Kier alpha value is -2.88. The Balaban J connectivity index is 0.00000192. The van der Waals surface area contributed by atoms with Crippen molar-refractivity contribution >= 4 is 22.5 Å². The molecule has 0 radical (unpaired) electrons. The largest absolute Gasteiger partial charge is 0.505 e. The number of aromatic hydroxyl groups is 1. The molecule has 0 aliphatic heterocycles. The fraction of sp³-hybridized carbons (Fsp3) is 0.158. The van der Waals surface area contributed by atoms with Gasteiger partial charge in [0.2, 0.25) is 0 Å². The summed E-state index contributed by atoms with van der Waals surface area (Å²) in [5.74, 6) is -0.435. The van der Waals surface area contributed by atoms with Crippen LogP contribution in [0.25, 0.3) is 10.9 Å². The molecule has 0 aliphatic carbocycles. The number of benzene rings is 2. The molecular formula is C19H20N2O2. The molecule has 2 aromatic carbocycles. The van der Waals surface area contributed by atoms with Gasteiger partial charge in [-0.25, -0.2) is 0 Å². The molecule has 0 atom stereocenters. The predicted molar refractivity (Wildman–Crippen MR) is 93.9 cm³/mol. The van der Waals surface area contributed by atoms with E-state index in [0.29, 0.717) is 5.52 Å². The third-order valence-electron chi connectivity index (χ3n) is 3.64. The van der Waals surface area contributed by atoms with E-state index in [1.807, 2.05) is 37.3 Å². The maximum atomic E-state index is 12.4. The van der Waals surface area contributed by atoms with Gasteiger partial charge < -0.3 is 10.4 Å². The number of carbonyl (C=O) groups is 1. The van der Waals surface area contributed by atoms with E-state index in [2.05, 4.69) is 10.3 Å².